The molecule has 1 unspecified atom stereocenters. The maximum Gasteiger partial charge on any atom is 0.319 e. The smallest absolute Gasteiger partial charge is 0.319 e. The number of carbonyl (C=O) groups is 1. The molecule has 2 aliphatic heterocycles. The lowest BCUT2D eigenvalue weighted by atomic mass is 9.80. The van der Waals surface area contributed by atoms with Crippen molar-refractivity contribution in [3.05, 3.63) is 5.89 Å². The predicted octanol–water partition coefficient (Wildman–Crippen LogP) is 0.978. The van der Waals surface area contributed by atoms with Gasteiger partial charge in [0.05, 0.1) is 13.2 Å². The van der Waals surface area contributed by atoms with Gasteiger partial charge in [-0.1, -0.05) is 5.10 Å². The Bertz CT molecular complexity index is 561. The minimum Gasteiger partial charge on any atom is -0.408 e. The second-order valence-electron chi connectivity index (χ2n) is 6.78. The zero-order valence-electron chi connectivity index (χ0n) is 14.1. The summed E-state index contributed by atoms with van der Waals surface area (Å²) in [5, 5.41) is 8.06. The van der Waals surface area contributed by atoms with Gasteiger partial charge in [-0.15, -0.1) is 5.10 Å². The van der Waals surface area contributed by atoms with E-state index < -0.39 is 0 Å². The minimum atomic E-state index is -0.0806. The quantitative estimate of drug-likeness (QED) is 0.767. The van der Waals surface area contributed by atoms with Crippen LogP contribution in [0.2, 0.25) is 0 Å². The van der Waals surface area contributed by atoms with Crippen molar-refractivity contribution in [3.63, 3.8) is 0 Å². The Morgan fingerprint density at radius 3 is 2.78 bits per heavy atom. The molecule has 0 bridgehead atoms. The Kier molecular flexibility index (Phi) is 4.43. The van der Waals surface area contributed by atoms with E-state index in [9.17, 15) is 4.79 Å². The molecule has 0 saturated carbocycles. The van der Waals surface area contributed by atoms with Gasteiger partial charge >= 0.3 is 12.0 Å². The van der Waals surface area contributed by atoms with E-state index in [0.717, 1.165) is 32.5 Å². The van der Waals surface area contributed by atoms with Crippen molar-refractivity contribution in [3.8, 4) is 0 Å². The molecule has 3 heterocycles. The number of ether oxygens (including phenoxy) is 1. The molecule has 23 heavy (non-hydrogen) atoms. The Hall–Kier alpha value is -1.83. The maximum absolute atomic E-state index is 12.3. The van der Waals surface area contributed by atoms with E-state index in [4.69, 9.17) is 9.15 Å². The number of anilines is 1. The summed E-state index contributed by atoms with van der Waals surface area (Å²) in [5.41, 5.74) is -0.0806. The summed E-state index contributed by atoms with van der Waals surface area (Å²) in [7, 11) is 3.58. The number of nitrogens with zero attached hydrogens (tertiary/aromatic N) is 5. The molecule has 1 aromatic heterocycles. The van der Waals surface area contributed by atoms with Crippen molar-refractivity contribution in [2.75, 3.05) is 58.4 Å². The Morgan fingerprint density at radius 1 is 1.26 bits per heavy atom. The van der Waals surface area contributed by atoms with E-state index >= 15 is 0 Å². The molecule has 3 rings (SSSR count). The van der Waals surface area contributed by atoms with Gasteiger partial charge in [-0.2, -0.15) is 0 Å². The standard InChI is InChI=1S/C15H25N5O3/c1-12-16-17-13(23-12)19-7-8-22-11-15(9-19)5-4-6-20(10-15)14(21)18(2)3/h4-11H2,1-3H3. The number of hydrogen-bond donors (Lipinski definition) is 0. The first-order chi connectivity index (χ1) is 11.0. The number of hydrogen-bond acceptors (Lipinski definition) is 6. The normalized spacial score (nSPS) is 25.5. The third-order valence-electron chi connectivity index (χ3n) is 4.54. The average Bonchev–Trinajstić information content (AvgIpc) is 2.86. The summed E-state index contributed by atoms with van der Waals surface area (Å²) in [4.78, 5) is 18.0. The van der Waals surface area contributed by atoms with Crippen molar-refractivity contribution >= 4 is 12.0 Å². The van der Waals surface area contributed by atoms with Gasteiger partial charge in [0.15, 0.2) is 0 Å². The van der Waals surface area contributed by atoms with Gasteiger partial charge in [0.1, 0.15) is 0 Å². The van der Waals surface area contributed by atoms with Crippen molar-refractivity contribution in [2.45, 2.75) is 19.8 Å². The Balaban J connectivity index is 1.77. The van der Waals surface area contributed by atoms with E-state index in [1.54, 1.807) is 25.9 Å². The van der Waals surface area contributed by atoms with Crippen LogP contribution in [0.25, 0.3) is 0 Å². The van der Waals surface area contributed by atoms with Crippen LogP contribution in [0.15, 0.2) is 4.42 Å². The summed E-state index contributed by atoms with van der Waals surface area (Å²) in [5.74, 6) is 0.562. The van der Waals surface area contributed by atoms with E-state index in [1.807, 2.05) is 4.90 Å². The number of aryl methyl sites for hydroxylation is 1. The number of amides is 2. The van der Waals surface area contributed by atoms with E-state index in [1.165, 1.54) is 0 Å². The molecule has 0 radical (unpaired) electrons. The zero-order valence-corrected chi connectivity index (χ0v) is 14.1. The predicted molar refractivity (Wildman–Crippen MR) is 84.4 cm³/mol. The summed E-state index contributed by atoms with van der Waals surface area (Å²) in [6.45, 7) is 6.08. The number of piperidine rings is 1. The number of rotatable bonds is 1. The van der Waals surface area contributed by atoms with Crippen LogP contribution >= 0.6 is 0 Å². The maximum atomic E-state index is 12.3. The molecule has 2 fully saturated rings. The van der Waals surface area contributed by atoms with Crippen LogP contribution in [0.1, 0.15) is 18.7 Å². The van der Waals surface area contributed by atoms with Crippen LogP contribution in [0.3, 0.4) is 0 Å². The molecule has 0 N–H and O–H groups in total. The van der Waals surface area contributed by atoms with E-state index in [-0.39, 0.29) is 11.4 Å². The van der Waals surface area contributed by atoms with Gasteiger partial charge in [-0.25, -0.2) is 4.79 Å². The SMILES string of the molecule is Cc1nnc(N2CCOCC3(CCCN(C(=O)N(C)C)C3)C2)o1. The highest BCUT2D eigenvalue weighted by Gasteiger charge is 2.41. The van der Waals surface area contributed by atoms with Crippen LogP contribution in [-0.4, -0.2) is 79.5 Å². The van der Waals surface area contributed by atoms with Crippen LogP contribution in [-0.2, 0) is 4.74 Å². The number of aromatic nitrogens is 2. The molecule has 2 aliphatic rings. The van der Waals surface area contributed by atoms with Crippen LogP contribution < -0.4 is 4.90 Å². The first-order valence-electron chi connectivity index (χ1n) is 8.08. The third-order valence-corrected chi connectivity index (χ3v) is 4.54. The zero-order chi connectivity index (χ0) is 16.4. The summed E-state index contributed by atoms with van der Waals surface area (Å²) < 4.78 is 11.4. The average molecular weight is 323 g/mol. The lowest BCUT2D eigenvalue weighted by Crippen LogP contribution is -2.54. The summed E-state index contributed by atoms with van der Waals surface area (Å²) in [6.07, 6.45) is 2.02. The molecule has 0 aliphatic carbocycles. The molecule has 8 nitrogen and oxygen atoms in total. The summed E-state index contributed by atoms with van der Waals surface area (Å²) >= 11 is 0. The summed E-state index contributed by atoms with van der Waals surface area (Å²) in [6, 6.07) is 0.608. The van der Waals surface area contributed by atoms with Gasteiger partial charge in [0.25, 0.3) is 0 Å². The second-order valence-corrected chi connectivity index (χ2v) is 6.78. The molecular formula is C15H25N5O3. The molecule has 2 saturated heterocycles. The molecule has 128 valence electrons. The molecular weight excluding hydrogens is 298 g/mol. The monoisotopic (exact) mass is 323 g/mol. The topological polar surface area (TPSA) is 74.9 Å². The van der Waals surface area contributed by atoms with Crippen LogP contribution in [0.5, 0.6) is 0 Å². The van der Waals surface area contributed by atoms with Crippen LogP contribution in [0, 0.1) is 12.3 Å². The van der Waals surface area contributed by atoms with E-state index in [2.05, 4.69) is 15.1 Å². The highest BCUT2D eigenvalue weighted by atomic mass is 16.5. The highest BCUT2D eigenvalue weighted by molar-refractivity contribution is 5.74. The third kappa shape index (κ3) is 3.41. The molecule has 0 aromatic carbocycles. The number of urea groups is 1. The van der Waals surface area contributed by atoms with Crippen molar-refractivity contribution in [2.24, 2.45) is 5.41 Å². The van der Waals surface area contributed by atoms with Gasteiger partial charge in [-0.3, -0.25) is 0 Å². The molecule has 8 heteroatoms. The number of likely N-dealkylation sites (tertiary alicyclic amines) is 1. The molecule has 2 amide bonds. The lowest BCUT2D eigenvalue weighted by Gasteiger charge is -2.43. The van der Waals surface area contributed by atoms with Crippen molar-refractivity contribution in [1.29, 1.82) is 0 Å². The lowest BCUT2D eigenvalue weighted by molar-refractivity contribution is 0.0209. The molecule has 1 spiro atoms. The van der Waals surface area contributed by atoms with Gasteiger partial charge in [0.2, 0.25) is 5.89 Å². The van der Waals surface area contributed by atoms with Crippen molar-refractivity contribution in [1.82, 2.24) is 20.0 Å². The van der Waals surface area contributed by atoms with Crippen LogP contribution in [0.4, 0.5) is 10.8 Å². The van der Waals surface area contributed by atoms with Gasteiger partial charge < -0.3 is 23.9 Å². The van der Waals surface area contributed by atoms with Gasteiger partial charge in [0, 0.05) is 52.6 Å². The fourth-order valence-corrected chi connectivity index (χ4v) is 3.47. The number of carbonyl (C=O) groups excluding carboxylic acids is 1. The fourth-order valence-electron chi connectivity index (χ4n) is 3.47. The largest absolute Gasteiger partial charge is 0.408 e. The Morgan fingerprint density at radius 2 is 2.09 bits per heavy atom. The first-order valence-corrected chi connectivity index (χ1v) is 8.08. The first kappa shape index (κ1) is 16.0. The molecule has 1 aromatic rings. The van der Waals surface area contributed by atoms with Gasteiger partial charge in [-0.05, 0) is 12.8 Å². The Labute approximate surface area is 136 Å². The van der Waals surface area contributed by atoms with E-state index in [0.29, 0.717) is 31.7 Å². The van der Waals surface area contributed by atoms with Crippen molar-refractivity contribution < 1.29 is 13.9 Å². The second kappa shape index (κ2) is 6.35. The molecule has 1 atom stereocenters. The fraction of sp³-hybridized carbons (Fsp3) is 0.800. The minimum absolute atomic E-state index is 0.0634. The highest BCUT2D eigenvalue weighted by Crippen LogP contribution is 2.34.